The van der Waals surface area contributed by atoms with Crippen molar-refractivity contribution < 1.29 is 4.52 Å². The minimum absolute atomic E-state index is 0. The SMILES string of the molecule is CN=C(NCc1nc(C)no1)NC1CCC2CCCCC2C1.I. The minimum atomic E-state index is 0. The van der Waals surface area contributed by atoms with Crippen molar-refractivity contribution in [1.82, 2.24) is 20.8 Å². The summed E-state index contributed by atoms with van der Waals surface area (Å²) < 4.78 is 5.11. The predicted molar refractivity (Wildman–Crippen MR) is 101 cm³/mol. The molecule has 6 nitrogen and oxygen atoms in total. The number of rotatable bonds is 3. The summed E-state index contributed by atoms with van der Waals surface area (Å²) in [6.45, 7) is 2.34. The Hall–Kier alpha value is -0.860. The van der Waals surface area contributed by atoms with Crippen LogP contribution in [0.4, 0.5) is 0 Å². The Labute approximate surface area is 155 Å². The van der Waals surface area contributed by atoms with Crippen LogP contribution in [0, 0.1) is 18.8 Å². The molecular weight excluding hydrogens is 405 g/mol. The molecule has 2 aliphatic rings. The molecule has 130 valence electrons. The van der Waals surface area contributed by atoms with Gasteiger partial charge in [-0.3, -0.25) is 4.99 Å². The van der Waals surface area contributed by atoms with Crippen LogP contribution in [0.5, 0.6) is 0 Å². The Bertz CT molecular complexity index is 518. The molecule has 2 N–H and O–H groups in total. The Kier molecular flexibility index (Phi) is 7.10. The van der Waals surface area contributed by atoms with E-state index >= 15 is 0 Å². The molecule has 2 aliphatic carbocycles. The third kappa shape index (κ3) is 5.06. The molecule has 1 aromatic rings. The van der Waals surface area contributed by atoms with Crippen LogP contribution in [0.1, 0.15) is 56.7 Å². The molecular formula is C16H28IN5O. The number of aryl methyl sites for hydroxylation is 1. The van der Waals surface area contributed by atoms with Gasteiger partial charge in [0.15, 0.2) is 11.8 Å². The zero-order chi connectivity index (χ0) is 15.4. The van der Waals surface area contributed by atoms with Crippen molar-refractivity contribution in [3.05, 3.63) is 11.7 Å². The van der Waals surface area contributed by atoms with Gasteiger partial charge < -0.3 is 15.2 Å². The lowest BCUT2D eigenvalue weighted by molar-refractivity contribution is 0.150. The summed E-state index contributed by atoms with van der Waals surface area (Å²) in [5.41, 5.74) is 0. The molecule has 0 aliphatic heterocycles. The monoisotopic (exact) mass is 433 g/mol. The number of nitrogens with one attached hydrogen (secondary N) is 2. The summed E-state index contributed by atoms with van der Waals surface area (Å²) >= 11 is 0. The number of halogens is 1. The van der Waals surface area contributed by atoms with Crippen molar-refractivity contribution in [2.24, 2.45) is 16.8 Å². The number of guanidine groups is 1. The summed E-state index contributed by atoms with van der Waals surface area (Å²) in [4.78, 5) is 8.51. The van der Waals surface area contributed by atoms with Gasteiger partial charge in [-0.25, -0.2) is 0 Å². The highest BCUT2D eigenvalue weighted by Gasteiger charge is 2.32. The summed E-state index contributed by atoms with van der Waals surface area (Å²) in [6.07, 6.45) is 9.61. The zero-order valence-electron chi connectivity index (χ0n) is 14.0. The van der Waals surface area contributed by atoms with E-state index in [4.69, 9.17) is 4.52 Å². The minimum Gasteiger partial charge on any atom is -0.354 e. The fraction of sp³-hybridized carbons (Fsp3) is 0.812. The molecule has 0 bridgehead atoms. The Balaban J connectivity index is 0.00000192. The number of hydrogen-bond donors (Lipinski definition) is 2. The average molecular weight is 433 g/mol. The van der Waals surface area contributed by atoms with E-state index in [2.05, 4.69) is 25.8 Å². The highest BCUT2D eigenvalue weighted by atomic mass is 127. The van der Waals surface area contributed by atoms with E-state index in [1.807, 2.05) is 6.92 Å². The molecule has 1 heterocycles. The first-order chi connectivity index (χ1) is 10.7. The molecule has 3 atom stereocenters. The van der Waals surface area contributed by atoms with Crippen LogP contribution in [-0.4, -0.2) is 29.2 Å². The highest BCUT2D eigenvalue weighted by Crippen LogP contribution is 2.40. The van der Waals surface area contributed by atoms with Crippen LogP contribution in [-0.2, 0) is 6.54 Å². The fourth-order valence-corrected chi connectivity index (χ4v) is 3.96. The third-order valence-electron chi connectivity index (χ3n) is 5.08. The molecule has 0 saturated heterocycles. The van der Waals surface area contributed by atoms with Gasteiger partial charge in [-0.2, -0.15) is 4.98 Å². The summed E-state index contributed by atoms with van der Waals surface area (Å²) in [5, 5.41) is 10.6. The first-order valence-corrected chi connectivity index (χ1v) is 8.51. The van der Waals surface area contributed by atoms with Crippen LogP contribution in [0.2, 0.25) is 0 Å². The number of fused-ring (bicyclic) bond motifs is 1. The topological polar surface area (TPSA) is 75.3 Å². The maximum Gasteiger partial charge on any atom is 0.246 e. The fourth-order valence-electron chi connectivity index (χ4n) is 3.96. The first kappa shape index (κ1) is 18.5. The quantitative estimate of drug-likeness (QED) is 0.436. The van der Waals surface area contributed by atoms with Gasteiger partial charge in [-0.1, -0.05) is 30.8 Å². The van der Waals surface area contributed by atoms with Gasteiger partial charge in [0.1, 0.15) is 0 Å². The molecule has 1 aromatic heterocycles. The standard InChI is InChI=1S/C16H27N5O.HI/c1-11-19-15(22-21-11)10-18-16(17-2)20-14-8-7-12-5-3-4-6-13(12)9-14;/h12-14H,3-10H2,1-2H3,(H2,17,18,20);1H. The molecule has 3 unspecified atom stereocenters. The van der Waals surface area contributed by atoms with E-state index in [9.17, 15) is 0 Å². The van der Waals surface area contributed by atoms with Gasteiger partial charge in [-0.05, 0) is 38.0 Å². The average Bonchev–Trinajstić information content (AvgIpc) is 2.96. The van der Waals surface area contributed by atoms with Gasteiger partial charge in [-0.15, -0.1) is 24.0 Å². The van der Waals surface area contributed by atoms with Crippen molar-refractivity contribution in [1.29, 1.82) is 0 Å². The van der Waals surface area contributed by atoms with Crippen LogP contribution < -0.4 is 10.6 Å². The van der Waals surface area contributed by atoms with E-state index < -0.39 is 0 Å². The van der Waals surface area contributed by atoms with Gasteiger partial charge in [0.25, 0.3) is 0 Å². The second-order valence-electron chi connectivity index (χ2n) is 6.62. The zero-order valence-corrected chi connectivity index (χ0v) is 16.4. The largest absolute Gasteiger partial charge is 0.354 e. The van der Waals surface area contributed by atoms with Crippen molar-refractivity contribution in [3.63, 3.8) is 0 Å². The van der Waals surface area contributed by atoms with Crippen molar-refractivity contribution in [3.8, 4) is 0 Å². The molecule has 3 rings (SSSR count). The van der Waals surface area contributed by atoms with Crippen LogP contribution >= 0.6 is 24.0 Å². The molecule has 0 spiro atoms. The number of nitrogens with zero attached hydrogens (tertiary/aromatic N) is 3. The normalized spacial score (nSPS) is 27.7. The summed E-state index contributed by atoms with van der Waals surface area (Å²) in [5.74, 6) is 3.97. The number of hydrogen-bond acceptors (Lipinski definition) is 4. The maximum absolute atomic E-state index is 5.11. The lowest BCUT2D eigenvalue weighted by atomic mass is 9.69. The molecule has 23 heavy (non-hydrogen) atoms. The van der Waals surface area contributed by atoms with Crippen LogP contribution in [0.3, 0.4) is 0 Å². The van der Waals surface area contributed by atoms with E-state index in [0.29, 0.717) is 24.3 Å². The Morgan fingerprint density at radius 2 is 2.00 bits per heavy atom. The number of aliphatic imine (C=N–C) groups is 1. The third-order valence-corrected chi connectivity index (χ3v) is 5.08. The van der Waals surface area contributed by atoms with Gasteiger partial charge in [0.2, 0.25) is 5.89 Å². The number of aromatic nitrogens is 2. The van der Waals surface area contributed by atoms with E-state index in [1.54, 1.807) is 7.05 Å². The van der Waals surface area contributed by atoms with Crippen LogP contribution in [0.15, 0.2) is 9.52 Å². The van der Waals surface area contributed by atoms with Crippen molar-refractivity contribution in [2.75, 3.05) is 7.05 Å². The second kappa shape index (κ2) is 8.84. The van der Waals surface area contributed by atoms with E-state index in [0.717, 1.165) is 17.8 Å². The van der Waals surface area contributed by atoms with Gasteiger partial charge in [0, 0.05) is 13.1 Å². The molecule has 2 fully saturated rings. The van der Waals surface area contributed by atoms with Gasteiger partial charge >= 0.3 is 0 Å². The molecule has 0 radical (unpaired) electrons. The smallest absolute Gasteiger partial charge is 0.246 e. The first-order valence-electron chi connectivity index (χ1n) is 8.51. The predicted octanol–water partition coefficient (Wildman–Crippen LogP) is 3.02. The van der Waals surface area contributed by atoms with E-state index in [-0.39, 0.29) is 24.0 Å². The lowest BCUT2D eigenvalue weighted by Gasteiger charge is -2.39. The highest BCUT2D eigenvalue weighted by molar-refractivity contribution is 14.0. The summed E-state index contributed by atoms with van der Waals surface area (Å²) in [6, 6.07) is 0.537. The van der Waals surface area contributed by atoms with Crippen molar-refractivity contribution in [2.45, 2.75) is 64.5 Å². The van der Waals surface area contributed by atoms with E-state index in [1.165, 1.54) is 44.9 Å². The molecule has 7 heteroatoms. The van der Waals surface area contributed by atoms with Crippen LogP contribution in [0.25, 0.3) is 0 Å². The Morgan fingerprint density at radius 1 is 1.22 bits per heavy atom. The summed E-state index contributed by atoms with van der Waals surface area (Å²) in [7, 11) is 1.81. The molecule has 2 saturated carbocycles. The lowest BCUT2D eigenvalue weighted by Crippen LogP contribution is -2.46. The second-order valence-corrected chi connectivity index (χ2v) is 6.62. The maximum atomic E-state index is 5.11. The molecule has 0 aromatic carbocycles. The van der Waals surface area contributed by atoms with Gasteiger partial charge in [0.05, 0.1) is 6.54 Å². The Morgan fingerprint density at radius 3 is 2.70 bits per heavy atom. The van der Waals surface area contributed by atoms with Crippen molar-refractivity contribution >= 4 is 29.9 Å². The molecule has 0 amide bonds.